The molecule has 33 heavy (non-hydrogen) atoms. The number of allylic oxidation sites excluding steroid dienone is 1. The van der Waals surface area contributed by atoms with E-state index in [-0.39, 0.29) is 36.6 Å². The van der Waals surface area contributed by atoms with Crippen molar-refractivity contribution in [3.05, 3.63) is 63.2 Å². The summed E-state index contributed by atoms with van der Waals surface area (Å²) in [5.41, 5.74) is -3.35. The Morgan fingerprint density at radius 3 is 2.00 bits per heavy atom. The Hall–Kier alpha value is -2.95. The largest absolute Gasteiger partial charge is 0.494 e. The molecule has 0 fully saturated rings. The van der Waals surface area contributed by atoms with E-state index in [0.717, 1.165) is 6.07 Å². The van der Waals surface area contributed by atoms with Crippen LogP contribution in [0.25, 0.3) is 6.08 Å². The second-order valence-corrected chi connectivity index (χ2v) is 6.93. The van der Waals surface area contributed by atoms with Crippen LogP contribution in [-0.4, -0.2) is 18.3 Å². The summed E-state index contributed by atoms with van der Waals surface area (Å²) in [4.78, 5) is 12.1. The van der Waals surface area contributed by atoms with Gasteiger partial charge in [-0.3, -0.25) is 4.79 Å². The van der Waals surface area contributed by atoms with E-state index in [1.165, 1.54) is 6.08 Å². The lowest BCUT2D eigenvalue weighted by Crippen LogP contribution is -2.12. The number of aliphatic hydroxyl groups excluding tert-OH is 1. The van der Waals surface area contributed by atoms with Crippen molar-refractivity contribution in [2.45, 2.75) is 45.1 Å². The Morgan fingerprint density at radius 1 is 0.909 bits per heavy atom. The second-order valence-electron chi connectivity index (χ2n) is 6.93. The number of hydrogen-bond acceptors (Lipinski definition) is 5. The Morgan fingerprint density at radius 2 is 1.48 bits per heavy atom. The van der Waals surface area contributed by atoms with Gasteiger partial charge in [-0.15, -0.1) is 0 Å². The van der Waals surface area contributed by atoms with Crippen LogP contribution in [0.3, 0.4) is 0 Å². The SMILES string of the molecule is CC=Cc1oc(CO)cc(=O)c1OCCCCCOc1cc(C(F)(F)F)cc(C(F)(F)F)c1. The first-order chi connectivity index (χ1) is 15.5. The lowest BCUT2D eigenvalue weighted by atomic mass is 10.1. The smallest absolute Gasteiger partial charge is 0.416 e. The van der Waals surface area contributed by atoms with Crippen molar-refractivity contribution in [1.82, 2.24) is 0 Å². The molecule has 1 aromatic heterocycles. The van der Waals surface area contributed by atoms with Crippen LogP contribution < -0.4 is 14.9 Å². The fourth-order valence-electron chi connectivity index (χ4n) is 2.79. The molecule has 0 unspecified atom stereocenters. The van der Waals surface area contributed by atoms with Crippen molar-refractivity contribution in [2.24, 2.45) is 0 Å². The van der Waals surface area contributed by atoms with Crippen molar-refractivity contribution in [2.75, 3.05) is 13.2 Å². The summed E-state index contributed by atoms with van der Waals surface area (Å²) in [6, 6.07) is 2.20. The van der Waals surface area contributed by atoms with E-state index >= 15 is 0 Å². The second kappa shape index (κ2) is 11.3. The van der Waals surface area contributed by atoms with Crippen molar-refractivity contribution in [3.63, 3.8) is 0 Å². The van der Waals surface area contributed by atoms with Gasteiger partial charge in [-0.1, -0.05) is 6.08 Å². The summed E-state index contributed by atoms with van der Waals surface area (Å²) >= 11 is 0. The van der Waals surface area contributed by atoms with Gasteiger partial charge >= 0.3 is 12.4 Å². The highest BCUT2D eigenvalue weighted by molar-refractivity contribution is 5.50. The third-order valence-corrected chi connectivity index (χ3v) is 4.32. The molecular weight excluding hydrogens is 458 g/mol. The number of unbranched alkanes of at least 4 members (excludes halogenated alkanes) is 2. The predicted molar refractivity (Wildman–Crippen MR) is 107 cm³/mol. The molecule has 0 radical (unpaired) electrons. The highest BCUT2D eigenvalue weighted by Gasteiger charge is 2.37. The fourth-order valence-corrected chi connectivity index (χ4v) is 2.79. The van der Waals surface area contributed by atoms with Gasteiger partial charge in [0.15, 0.2) is 5.76 Å². The van der Waals surface area contributed by atoms with E-state index in [1.54, 1.807) is 13.0 Å². The monoisotopic (exact) mass is 480 g/mol. The van der Waals surface area contributed by atoms with Gasteiger partial charge in [0.2, 0.25) is 11.2 Å². The van der Waals surface area contributed by atoms with Crippen LogP contribution in [0.4, 0.5) is 26.3 Å². The minimum Gasteiger partial charge on any atom is -0.494 e. The average Bonchev–Trinajstić information content (AvgIpc) is 2.73. The van der Waals surface area contributed by atoms with E-state index < -0.39 is 41.3 Å². The minimum atomic E-state index is -4.94. The van der Waals surface area contributed by atoms with Gasteiger partial charge in [0.05, 0.1) is 24.3 Å². The number of alkyl halides is 6. The van der Waals surface area contributed by atoms with Crippen molar-refractivity contribution < 1.29 is 45.3 Å². The lowest BCUT2D eigenvalue weighted by molar-refractivity contribution is -0.143. The van der Waals surface area contributed by atoms with Gasteiger partial charge in [-0.2, -0.15) is 26.3 Å². The van der Waals surface area contributed by atoms with Crippen LogP contribution in [0, 0.1) is 0 Å². The van der Waals surface area contributed by atoms with Crippen molar-refractivity contribution >= 4 is 6.08 Å². The quantitative estimate of drug-likeness (QED) is 0.342. The average molecular weight is 480 g/mol. The van der Waals surface area contributed by atoms with Gasteiger partial charge in [0.1, 0.15) is 18.1 Å². The topological polar surface area (TPSA) is 68.9 Å². The minimum absolute atomic E-state index is 0.0230. The van der Waals surface area contributed by atoms with E-state index in [9.17, 15) is 31.1 Å². The first-order valence-electron chi connectivity index (χ1n) is 9.91. The summed E-state index contributed by atoms with van der Waals surface area (Å²) in [6.45, 7) is 1.28. The number of benzene rings is 1. The maximum atomic E-state index is 12.9. The van der Waals surface area contributed by atoms with Crippen LogP contribution in [0.5, 0.6) is 11.5 Å². The first kappa shape index (κ1) is 26.3. The maximum Gasteiger partial charge on any atom is 0.416 e. The molecule has 1 heterocycles. The van der Waals surface area contributed by atoms with Crippen LogP contribution in [0.15, 0.2) is 39.6 Å². The molecule has 0 saturated carbocycles. The summed E-state index contributed by atoms with van der Waals surface area (Å²) in [5, 5.41) is 9.11. The lowest BCUT2D eigenvalue weighted by Gasteiger charge is -2.15. The molecular formula is C22H22F6O5. The van der Waals surface area contributed by atoms with E-state index in [4.69, 9.17) is 19.0 Å². The molecule has 0 bridgehead atoms. The number of ether oxygens (including phenoxy) is 2. The van der Waals surface area contributed by atoms with E-state index in [1.807, 2.05) is 0 Å². The molecule has 1 aromatic carbocycles. The highest BCUT2D eigenvalue weighted by atomic mass is 19.4. The fraction of sp³-hybridized carbons (Fsp3) is 0.409. The van der Waals surface area contributed by atoms with Gasteiger partial charge in [-0.25, -0.2) is 0 Å². The van der Waals surface area contributed by atoms with Gasteiger partial charge in [-0.05, 0) is 50.5 Å². The third kappa shape index (κ3) is 7.85. The standard InChI is InChI=1S/C22H22F6O5/c1-2-6-19-20(18(30)12-17(13-29)33-19)32-8-5-3-4-7-31-16-10-14(21(23,24)25)9-15(11-16)22(26,27)28/h2,6,9-12,29H,3-5,7-8,13H2,1H3. The van der Waals surface area contributed by atoms with E-state index in [2.05, 4.69) is 0 Å². The molecule has 5 nitrogen and oxygen atoms in total. The molecule has 0 amide bonds. The first-order valence-corrected chi connectivity index (χ1v) is 9.91. The zero-order chi connectivity index (χ0) is 24.6. The molecule has 0 aliphatic rings. The Balaban J connectivity index is 1.88. The van der Waals surface area contributed by atoms with Crippen LogP contribution in [0.2, 0.25) is 0 Å². The normalized spacial score (nSPS) is 12.4. The summed E-state index contributed by atoms with van der Waals surface area (Å²) in [6.07, 6.45) is -5.49. The van der Waals surface area contributed by atoms with Crippen LogP contribution in [0.1, 0.15) is 48.8 Å². The Kier molecular flexibility index (Phi) is 8.98. The van der Waals surface area contributed by atoms with Gasteiger partial charge < -0.3 is 19.0 Å². The van der Waals surface area contributed by atoms with Crippen molar-refractivity contribution in [3.8, 4) is 11.5 Å². The van der Waals surface area contributed by atoms with Crippen LogP contribution in [-0.2, 0) is 19.0 Å². The molecule has 0 spiro atoms. The molecule has 0 atom stereocenters. The Labute approximate surface area is 185 Å². The zero-order valence-corrected chi connectivity index (χ0v) is 17.6. The number of hydrogen-bond donors (Lipinski definition) is 1. The summed E-state index contributed by atoms with van der Waals surface area (Å²) in [5.74, 6) is -0.306. The maximum absolute atomic E-state index is 12.9. The summed E-state index contributed by atoms with van der Waals surface area (Å²) < 4.78 is 93.1. The highest BCUT2D eigenvalue weighted by Crippen LogP contribution is 2.38. The van der Waals surface area contributed by atoms with E-state index in [0.29, 0.717) is 31.4 Å². The van der Waals surface area contributed by atoms with Crippen LogP contribution >= 0.6 is 0 Å². The molecule has 0 saturated heterocycles. The van der Waals surface area contributed by atoms with Crippen molar-refractivity contribution in [1.29, 1.82) is 0 Å². The molecule has 2 aromatic rings. The predicted octanol–water partition coefficient (Wildman–Crippen LogP) is 5.83. The summed E-state index contributed by atoms with van der Waals surface area (Å²) in [7, 11) is 0. The van der Waals surface area contributed by atoms with Gasteiger partial charge in [0, 0.05) is 6.07 Å². The molecule has 182 valence electrons. The molecule has 0 aliphatic carbocycles. The molecule has 2 rings (SSSR count). The third-order valence-electron chi connectivity index (χ3n) is 4.32. The molecule has 0 aliphatic heterocycles. The number of aliphatic hydroxyl groups is 1. The number of rotatable bonds is 10. The molecule has 1 N–H and O–H groups in total. The molecule has 11 heteroatoms. The zero-order valence-electron chi connectivity index (χ0n) is 17.6. The number of halogens is 6. The van der Waals surface area contributed by atoms with Gasteiger partial charge in [0.25, 0.3) is 0 Å². The Bertz CT molecular complexity index is 976.